The van der Waals surface area contributed by atoms with Crippen molar-refractivity contribution in [2.24, 2.45) is 0 Å². The van der Waals surface area contributed by atoms with E-state index in [4.69, 9.17) is 34.8 Å². The van der Waals surface area contributed by atoms with Crippen molar-refractivity contribution in [2.75, 3.05) is 0 Å². The number of alkyl halides is 3. The van der Waals surface area contributed by atoms with Gasteiger partial charge in [-0.05, 0) is 29.8 Å². The highest BCUT2D eigenvalue weighted by Gasteiger charge is 2.34. The second-order valence-electron chi connectivity index (χ2n) is 4.66. The van der Waals surface area contributed by atoms with Crippen molar-refractivity contribution in [1.82, 2.24) is 0 Å². The molecule has 0 unspecified atom stereocenters. The molecule has 8 heteroatoms. The molecule has 2 aromatic carbocycles. The first-order chi connectivity index (χ1) is 10.6. The van der Waals surface area contributed by atoms with E-state index in [1.54, 1.807) is 0 Å². The van der Waals surface area contributed by atoms with Gasteiger partial charge in [0, 0.05) is 11.4 Å². The molecule has 0 bridgehead atoms. The third-order valence-corrected chi connectivity index (χ3v) is 4.23. The van der Waals surface area contributed by atoms with Crippen molar-refractivity contribution in [1.29, 1.82) is 0 Å². The maximum absolute atomic E-state index is 12.7. The zero-order chi connectivity index (χ0) is 17.4. The predicted octanol–water partition coefficient (Wildman–Crippen LogP) is 5.80. The number of rotatable bonds is 3. The summed E-state index contributed by atoms with van der Waals surface area (Å²) in [6.45, 7) is 0. The van der Waals surface area contributed by atoms with Crippen molar-refractivity contribution in [2.45, 2.75) is 12.6 Å². The van der Waals surface area contributed by atoms with E-state index in [0.717, 1.165) is 12.1 Å². The number of halogens is 6. The summed E-state index contributed by atoms with van der Waals surface area (Å²) in [6, 6.07) is 5.75. The fraction of sp³-hybridized carbons (Fsp3) is 0.133. The Morgan fingerprint density at radius 1 is 1.04 bits per heavy atom. The first kappa shape index (κ1) is 17.9. The first-order valence-corrected chi connectivity index (χ1v) is 7.30. The minimum absolute atomic E-state index is 0.0513. The highest BCUT2D eigenvalue weighted by Crippen LogP contribution is 2.40. The van der Waals surface area contributed by atoms with Crippen LogP contribution in [-0.4, -0.2) is 10.9 Å². The van der Waals surface area contributed by atoms with E-state index < -0.39 is 22.5 Å². The number of hydrogen-bond donors (Lipinski definition) is 1. The molecule has 0 aromatic heterocycles. The van der Waals surface area contributed by atoms with Crippen LogP contribution in [0.25, 0.3) is 0 Å². The Bertz CT molecular complexity index is 773. The smallest absolute Gasteiger partial charge is 0.417 e. The topological polar surface area (TPSA) is 37.3 Å². The average Bonchev–Trinajstić information content (AvgIpc) is 2.45. The van der Waals surface area contributed by atoms with Crippen molar-refractivity contribution < 1.29 is 23.1 Å². The number of phenols is 1. The lowest BCUT2D eigenvalue weighted by atomic mass is 10.0. The fourth-order valence-electron chi connectivity index (χ4n) is 1.94. The zero-order valence-electron chi connectivity index (χ0n) is 11.2. The third-order valence-electron chi connectivity index (χ3n) is 3.08. The Balaban J connectivity index is 2.36. The zero-order valence-corrected chi connectivity index (χ0v) is 13.5. The largest absolute Gasteiger partial charge is 0.507 e. The molecule has 2 rings (SSSR count). The van der Waals surface area contributed by atoms with E-state index in [0.29, 0.717) is 0 Å². The van der Waals surface area contributed by atoms with Crippen molar-refractivity contribution in [3.63, 3.8) is 0 Å². The van der Waals surface area contributed by atoms with Crippen LogP contribution >= 0.6 is 34.8 Å². The number of aromatic hydroxyl groups is 1. The lowest BCUT2D eigenvalue weighted by molar-refractivity contribution is -0.137. The van der Waals surface area contributed by atoms with E-state index in [1.807, 2.05) is 0 Å². The number of ketones is 1. The van der Waals surface area contributed by atoms with Gasteiger partial charge in [0.1, 0.15) is 5.75 Å². The number of hydrogen-bond acceptors (Lipinski definition) is 2. The molecule has 0 radical (unpaired) electrons. The lowest BCUT2D eigenvalue weighted by Crippen LogP contribution is -2.09. The van der Waals surface area contributed by atoms with Crippen LogP contribution < -0.4 is 0 Å². The van der Waals surface area contributed by atoms with Gasteiger partial charge in [0.2, 0.25) is 0 Å². The number of benzene rings is 2. The van der Waals surface area contributed by atoms with Crippen LogP contribution in [0.4, 0.5) is 13.2 Å². The summed E-state index contributed by atoms with van der Waals surface area (Å²) in [5, 5.41) is 8.89. The maximum atomic E-state index is 12.7. The van der Waals surface area contributed by atoms with Gasteiger partial charge in [0.25, 0.3) is 0 Å². The quantitative estimate of drug-likeness (QED) is 0.681. The fourth-order valence-corrected chi connectivity index (χ4v) is 2.64. The Labute approximate surface area is 144 Å². The van der Waals surface area contributed by atoms with Crippen LogP contribution in [0.1, 0.15) is 21.5 Å². The van der Waals surface area contributed by atoms with Crippen LogP contribution in [0, 0.1) is 0 Å². The van der Waals surface area contributed by atoms with Crippen LogP contribution in [0.15, 0.2) is 30.3 Å². The summed E-state index contributed by atoms with van der Waals surface area (Å²) in [7, 11) is 0. The van der Waals surface area contributed by atoms with E-state index in [2.05, 4.69) is 0 Å². The van der Waals surface area contributed by atoms with Gasteiger partial charge in [-0.25, -0.2) is 0 Å². The molecule has 0 aliphatic heterocycles. The molecule has 0 saturated heterocycles. The van der Waals surface area contributed by atoms with Gasteiger partial charge in [-0.15, -0.1) is 0 Å². The summed E-state index contributed by atoms with van der Waals surface area (Å²) in [6.07, 6.45) is -4.97. The Kier molecular flexibility index (Phi) is 5.14. The van der Waals surface area contributed by atoms with Crippen LogP contribution in [0.2, 0.25) is 15.1 Å². The van der Waals surface area contributed by atoms with Crippen molar-refractivity contribution >= 4 is 40.6 Å². The third kappa shape index (κ3) is 3.91. The van der Waals surface area contributed by atoms with Gasteiger partial charge in [-0.3, -0.25) is 4.79 Å². The highest BCUT2D eigenvalue weighted by molar-refractivity contribution is 6.43. The van der Waals surface area contributed by atoms with Crippen LogP contribution in [-0.2, 0) is 12.6 Å². The summed E-state index contributed by atoms with van der Waals surface area (Å²) in [5.74, 6) is -0.837. The van der Waals surface area contributed by atoms with Gasteiger partial charge in [-0.2, -0.15) is 13.2 Å². The monoisotopic (exact) mass is 382 g/mol. The van der Waals surface area contributed by atoms with Gasteiger partial charge in [0.15, 0.2) is 5.78 Å². The summed E-state index contributed by atoms with van der Waals surface area (Å²) in [5.41, 5.74) is -1.01. The predicted molar refractivity (Wildman–Crippen MR) is 82.6 cm³/mol. The van der Waals surface area contributed by atoms with Gasteiger partial charge in [0.05, 0.1) is 21.2 Å². The molecule has 23 heavy (non-hydrogen) atoms. The molecule has 0 aliphatic carbocycles. The van der Waals surface area contributed by atoms with E-state index in [1.165, 1.54) is 18.2 Å². The SMILES string of the molecule is O=C(Cc1ccc(C(F)(F)F)c(Cl)c1Cl)c1cc(Cl)ccc1O. The molecule has 0 heterocycles. The van der Waals surface area contributed by atoms with Gasteiger partial charge < -0.3 is 5.11 Å². The molecule has 0 aliphatic rings. The number of Topliss-reactive ketones (excluding diaryl/α,β-unsaturated/α-hetero) is 1. The summed E-state index contributed by atoms with van der Waals surface area (Å²) >= 11 is 17.2. The molecule has 0 spiro atoms. The Morgan fingerprint density at radius 2 is 1.70 bits per heavy atom. The highest BCUT2D eigenvalue weighted by atomic mass is 35.5. The van der Waals surface area contributed by atoms with E-state index >= 15 is 0 Å². The normalized spacial score (nSPS) is 11.6. The molecule has 1 N–H and O–H groups in total. The number of carbonyl (C=O) groups is 1. The van der Waals surface area contributed by atoms with Crippen molar-refractivity contribution in [3.8, 4) is 5.75 Å². The van der Waals surface area contributed by atoms with Crippen LogP contribution in [0.3, 0.4) is 0 Å². The van der Waals surface area contributed by atoms with Gasteiger partial charge >= 0.3 is 6.18 Å². The van der Waals surface area contributed by atoms with E-state index in [9.17, 15) is 23.1 Å². The second kappa shape index (κ2) is 6.59. The minimum atomic E-state index is -4.64. The van der Waals surface area contributed by atoms with Crippen molar-refractivity contribution in [3.05, 3.63) is 62.1 Å². The summed E-state index contributed by atoms with van der Waals surface area (Å²) < 4.78 is 38.2. The molecule has 122 valence electrons. The molecular formula is C15H8Cl3F3O2. The first-order valence-electron chi connectivity index (χ1n) is 6.17. The number of carbonyl (C=O) groups excluding carboxylic acids is 1. The molecule has 0 saturated carbocycles. The standard InChI is InChI=1S/C15H8Cl3F3O2/c16-8-2-4-11(22)9(6-8)12(23)5-7-1-3-10(15(19,20)21)14(18)13(7)17/h1-4,6,22H,5H2. The second-order valence-corrected chi connectivity index (χ2v) is 5.85. The summed E-state index contributed by atoms with van der Waals surface area (Å²) in [4.78, 5) is 12.2. The number of phenolic OH excluding ortho intramolecular Hbond substituents is 1. The van der Waals surface area contributed by atoms with E-state index in [-0.39, 0.29) is 33.3 Å². The Morgan fingerprint density at radius 3 is 2.30 bits per heavy atom. The molecule has 0 atom stereocenters. The molecule has 2 nitrogen and oxygen atoms in total. The average molecular weight is 384 g/mol. The minimum Gasteiger partial charge on any atom is -0.507 e. The molecular weight excluding hydrogens is 376 g/mol. The maximum Gasteiger partial charge on any atom is 0.417 e. The van der Waals surface area contributed by atoms with Gasteiger partial charge in [-0.1, -0.05) is 40.9 Å². The molecule has 0 fully saturated rings. The molecule has 2 aromatic rings. The lowest BCUT2D eigenvalue weighted by Gasteiger charge is -2.13. The Hall–Kier alpha value is -1.43. The van der Waals surface area contributed by atoms with Crippen LogP contribution in [0.5, 0.6) is 5.75 Å². The molecule has 0 amide bonds.